The Morgan fingerprint density at radius 2 is 1.67 bits per heavy atom. The predicted octanol–water partition coefficient (Wildman–Crippen LogP) is 2.00. The number of phenols is 3. The maximum Gasteiger partial charge on any atom is 0.138 e. The Balaban J connectivity index is 2.16. The standard InChI is InChI=1S/C13H14N2O3/c14-9-1-3-12(17)8(5-9)7-15-11-6-10(16)2-4-13(11)18/h1-6,15-18H,7,14H2. The van der Waals surface area contributed by atoms with Gasteiger partial charge in [0.2, 0.25) is 0 Å². The molecule has 0 saturated heterocycles. The van der Waals surface area contributed by atoms with E-state index in [-0.39, 0.29) is 23.8 Å². The van der Waals surface area contributed by atoms with Crippen LogP contribution in [0, 0.1) is 0 Å². The number of nitrogens with one attached hydrogen (secondary N) is 1. The van der Waals surface area contributed by atoms with E-state index in [1.165, 1.54) is 24.3 Å². The number of phenolic OH excluding ortho intramolecular Hbond substituents is 3. The molecule has 5 heteroatoms. The van der Waals surface area contributed by atoms with Gasteiger partial charge in [-0.05, 0) is 30.3 Å². The van der Waals surface area contributed by atoms with Gasteiger partial charge >= 0.3 is 0 Å². The molecule has 0 aliphatic rings. The van der Waals surface area contributed by atoms with Gasteiger partial charge in [-0.2, -0.15) is 0 Å². The van der Waals surface area contributed by atoms with Crippen LogP contribution in [-0.4, -0.2) is 15.3 Å². The molecule has 0 radical (unpaired) electrons. The lowest BCUT2D eigenvalue weighted by atomic mass is 10.1. The highest BCUT2D eigenvalue weighted by Crippen LogP contribution is 2.28. The fraction of sp³-hybridized carbons (Fsp3) is 0.0769. The highest BCUT2D eigenvalue weighted by molar-refractivity contribution is 5.59. The number of anilines is 2. The number of benzene rings is 2. The molecule has 0 aromatic heterocycles. The Hall–Kier alpha value is -2.56. The molecule has 0 saturated carbocycles. The summed E-state index contributed by atoms with van der Waals surface area (Å²) >= 11 is 0. The van der Waals surface area contributed by atoms with E-state index in [2.05, 4.69) is 5.32 Å². The molecule has 6 N–H and O–H groups in total. The third-order valence-corrected chi connectivity index (χ3v) is 2.55. The molecule has 94 valence electrons. The average Bonchev–Trinajstić information content (AvgIpc) is 2.34. The number of aromatic hydroxyl groups is 3. The van der Waals surface area contributed by atoms with Gasteiger partial charge in [-0.3, -0.25) is 0 Å². The summed E-state index contributed by atoms with van der Waals surface area (Å²) in [5, 5.41) is 31.4. The molecule has 0 fully saturated rings. The molecule has 0 aliphatic carbocycles. The van der Waals surface area contributed by atoms with Gasteiger partial charge < -0.3 is 26.4 Å². The van der Waals surface area contributed by atoms with E-state index in [4.69, 9.17) is 5.73 Å². The molecule has 2 aromatic rings. The third kappa shape index (κ3) is 2.57. The van der Waals surface area contributed by atoms with Crippen molar-refractivity contribution in [1.29, 1.82) is 0 Å². The molecule has 2 rings (SSSR count). The molecule has 0 unspecified atom stereocenters. The summed E-state index contributed by atoms with van der Waals surface area (Å²) < 4.78 is 0. The zero-order valence-corrected chi connectivity index (χ0v) is 9.59. The monoisotopic (exact) mass is 246 g/mol. The van der Waals surface area contributed by atoms with Crippen molar-refractivity contribution in [3.8, 4) is 17.2 Å². The topological polar surface area (TPSA) is 98.7 Å². The Bertz CT molecular complexity index is 519. The first kappa shape index (κ1) is 11.9. The summed E-state index contributed by atoms with van der Waals surface area (Å²) in [7, 11) is 0. The maximum atomic E-state index is 9.63. The SMILES string of the molecule is Nc1ccc(O)c(CNc2cc(O)ccc2O)c1. The van der Waals surface area contributed by atoms with E-state index in [0.717, 1.165) is 0 Å². The number of hydrogen-bond acceptors (Lipinski definition) is 5. The van der Waals surface area contributed by atoms with Gasteiger partial charge in [0.1, 0.15) is 17.2 Å². The highest BCUT2D eigenvalue weighted by atomic mass is 16.3. The average molecular weight is 246 g/mol. The van der Waals surface area contributed by atoms with Crippen molar-refractivity contribution in [3.63, 3.8) is 0 Å². The summed E-state index contributed by atoms with van der Waals surface area (Å²) in [5.74, 6) is 0.194. The molecule has 2 aromatic carbocycles. The summed E-state index contributed by atoms with van der Waals surface area (Å²) in [6, 6.07) is 8.93. The van der Waals surface area contributed by atoms with Gasteiger partial charge in [0.25, 0.3) is 0 Å². The molecule has 0 spiro atoms. The van der Waals surface area contributed by atoms with Crippen molar-refractivity contribution in [1.82, 2.24) is 0 Å². The zero-order valence-electron chi connectivity index (χ0n) is 9.59. The minimum atomic E-state index is 0.0243. The molecule has 18 heavy (non-hydrogen) atoms. The number of nitrogens with two attached hydrogens (primary N) is 1. The number of rotatable bonds is 3. The van der Waals surface area contributed by atoms with E-state index in [0.29, 0.717) is 16.9 Å². The quantitative estimate of drug-likeness (QED) is 0.324. The van der Waals surface area contributed by atoms with Crippen LogP contribution in [0.3, 0.4) is 0 Å². The van der Waals surface area contributed by atoms with Gasteiger partial charge in [0.15, 0.2) is 0 Å². The van der Waals surface area contributed by atoms with Crippen LogP contribution in [0.25, 0.3) is 0 Å². The van der Waals surface area contributed by atoms with Crippen molar-refractivity contribution in [3.05, 3.63) is 42.0 Å². The predicted molar refractivity (Wildman–Crippen MR) is 69.6 cm³/mol. The highest BCUT2D eigenvalue weighted by Gasteiger charge is 2.05. The minimum absolute atomic E-state index is 0.0243. The van der Waals surface area contributed by atoms with Crippen LogP contribution >= 0.6 is 0 Å². The minimum Gasteiger partial charge on any atom is -0.508 e. The van der Waals surface area contributed by atoms with Crippen LogP contribution in [0.5, 0.6) is 17.2 Å². The summed E-state index contributed by atoms with van der Waals surface area (Å²) in [6.07, 6.45) is 0. The van der Waals surface area contributed by atoms with Gasteiger partial charge in [0, 0.05) is 23.9 Å². The molecule has 5 nitrogen and oxygen atoms in total. The van der Waals surface area contributed by atoms with Crippen molar-refractivity contribution in [2.45, 2.75) is 6.54 Å². The first-order valence-electron chi connectivity index (χ1n) is 5.39. The molecule has 0 atom stereocenters. The van der Waals surface area contributed by atoms with Crippen LogP contribution in [0.2, 0.25) is 0 Å². The van der Waals surface area contributed by atoms with E-state index in [1.807, 2.05) is 0 Å². The van der Waals surface area contributed by atoms with Gasteiger partial charge in [0.05, 0.1) is 5.69 Å². The first-order chi connectivity index (χ1) is 8.56. The van der Waals surface area contributed by atoms with Crippen LogP contribution < -0.4 is 11.1 Å². The molecular formula is C13H14N2O3. The second-order valence-corrected chi connectivity index (χ2v) is 3.94. The van der Waals surface area contributed by atoms with Crippen molar-refractivity contribution in [2.75, 3.05) is 11.1 Å². The third-order valence-electron chi connectivity index (χ3n) is 2.55. The number of nitrogen functional groups attached to an aromatic ring is 1. The lowest BCUT2D eigenvalue weighted by Gasteiger charge is -2.10. The van der Waals surface area contributed by atoms with Gasteiger partial charge in [-0.25, -0.2) is 0 Å². The van der Waals surface area contributed by atoms with Crippen LogP contribution in [0.15, 0.2) is 36.4 Å². The first-order valence-corrected chi connectivity index (χ1v) is 5.39. The summed E-state index contributed by atoms with van der Waals surface area (Å²) in [5.41, 5.74) is 7.16. The van der Waals surface area contributed by atoms with E-state index >= 15 is 0 Å². The molecule has 0 bridgehead atoms. The summed E-state index contributed by atoms with van der Waals surface area (Å²) in [4.78, 5) is 0. The molecule has 0 aliphatic heterocycles. The van der Waals surface area contributed by atoms with Gasteiger partial charge in [-0.15, -0.1) is 0 Å². The fourth-order valence-corrected chi connectivity index (χ4v) is 1.60. The molecule has 0 heterocycles. The number of hydrogen-bond donors (Lipinski definition) is 5. The van der Waals surface area contributed by atoms with E-state index < -0.39 is 0 Å². The lowest BCUT2D eigenvalue weighted by molar-refractivity contribution is 0.461. The second-order valence-electron chi connectivity index (χ2n) is 3.94. The van der Waals surface area contributed by atoms with Crippen LogP contribution in [0.1, 0.15) is 5.56 Å². The molecular weight excluding hydrogens is 232 g/mol. The zero-order chi connectivity index (χ0) is 13.1. The smallest absolute Gasteiger partial charge is 0.138 e. The van der Waals surface area contributed by atoms with Crippen LogP contribution in [0.4, 0.5) is 11.4 Å². The van der Waals surface area contributed by atoms with Crippen LogP contribution in [-0.2, 0) is 6.54 Å². The van der Waals surface area contributed by atoms with Crippen molar-refractivity contribution >= 4 is 11.4 Å². The Labute approximate surface area is 104 Å². The van der Waals surface area contributed by atoms with Gasteiger partial charge in [-0.1, -0.05) is 0 Å². The summed E-state index contributed by atoms with van der Waals surface area (Å²) in [6.45, 7) is 0.286. The Kier molecular flexibility index (Phi) is 3.14. The second kappa shape index (κ2) is 4.75. The normalized spacial score (nSPS) is 10.2. The van der Waals surface area contributed by atoms with E-state index in [1.54, 1.807) is 12.1 Å². The molecule has 0 amide bonds. The Morgan fingerprint density at radius 1 is 0.944 bits per heavy atom. The maximum absolute atomic E-state index is 9.63. The lowest BCUT2D eigenvalue weighted by Crippen LogP contribution is -2.00. The Morgan fingerprint density at radius 3 is 2.44 bits per heavy atom. The fourth-order valence-electron chi connectivity index (χ4n) is 1.60. The largest absolute Gasteiger partial charge is 0.508 e. The van der Waals surface area contributed by atoms with E-state index in [9.17, 15) is 15.3 Å². The van der Waals surface area contributed by atoms with Crippen molar-refractivity contribution < 1.29 is 15.3 Å². The van der Waals surface area contributed by atoms with Crippen molar-refractivity contribution in [2.24, 2.45) is 0 Å².